The first kappa shape index (κ1) is 40.9. The monoisotopic (exact) mass is 734 g/mol. The van der Waals surface area contributed by atoms with Gasteiger partial charge in [-0.3, -0.25) is 0 Å². The van der Waals surface area contributed by atoms with Gasteiger partial charge in [0.25, 0.3) is 0 Å². The van der Waals surface area contributed by atoms with E-state index in [1.807, 2.05) is 49.4 Å². The molecule has 0 radical (unpaired) electrons. The number of fused-ring (bicyclic) bond motifs is 2. The maximum Gasteiger partial charge on any atom is 0.0237 e. The maximum atomic E-state index is 4.45. The molecule has 0 bridgehead atoms. The Labute approximate surface area is 340 Å². The summed E-state index contributed by atoms with van der Waals surface area (Å²) in [5, 5.41) is 4.60. The van der Waals surface area contributed by atoms with E-state index in [1.54, 1.807) is 6.08 Å². The van der Waals surface area contributed by atoms with Crippen molar-refractivity contribution in [2.24, 2.45) is 0 Å². The number of rotatable bonds is 6. The van der Waals surface area contributed by atoms with Gasteiger partial charge >= 0.3 is 0 Å². The van der Waals surface area contributed by atoms with Crippen molar-refractivity contribution in [3.05, 3.63) is 289 Å². The second kappa shape index (κ2) is 22.9. The van der Waals surface area contributed by atoms with E-state index in [0.29, 0.717) is 0 Å². The van der Waals surface area contributed by atoms with Gasteiger partial charge in [-0.1, -0.05) is 232 Å². The largest absolute Gasteiger partial charge is 0.112 e. The molecule has 0 spiro atoms. The van der Waals surface area contributed by atoms with Crippen LogP contribution < -0.4 is 10.4 Å². The van der Waals surface area contributed by atoms with E-state index in [2.05, 4.69) is 214 Å². The van der Waals surface area contributed by atoms with Crippen molar-refractivity contribution in [2.75, 3.05) is 0 Å². The molecule has 57 heavy (non-hydrogen) atoms. The Balaban J connectivity index is 0.00000200. The Kier molecular flexibility index (Phi) is 16.4. The Bertz CT molecular complexity index is 2610. The topological polar surface area (TPSA) is 0 Å². The van der Waals surface area contributed by atoms with Crippen LogP contribution in [-0.4, -0.2) is 0 Å². The average molecular weight is 735 g/mol. The summed E-state index contributed by atoms with van der Waals surface area (Å²) in [6, 6.07) is 31.9. The van der Waals surface area contributed by atoms with Crippen LogP contribution in [0.25, 0.3) is 39.3 Å². The minimum atomic E-state index is 0.770. The smallest absolute Gasteiger partial charge is 0.0237 e. The second-order valence-corrected chi connectivity index (χ2v) is 13.2. The van der Waals surface area contributed by atoms with E-state index < -0.39 is 0 Å². The van der Waals surface area contributed by atoms with Crippen LogP contribution in [0, 0.1) is 0 Å². The Morgan fingerprint density at radius 3 is 2.32 bits per heavy atom. The lowest BCUT2D eigenvalue weighted by Gasteiger charge is -2.10. The molecule has 4 aromatic rings. The van der Waals surface area contributed by atoms with Crippen LogP contribution in [0.2, 0.25) is 0 Å². The van der Waals surface area contributed by atoms with E-state index in [4.69, 9.17) is 0 Å². The van der Waals surface area contributed by atoms with E-state index in [0.717, 1.165) is 50.3 Å². The molecule has 0 aliphatic heterocycles. The molecular formula is C57H50. The predicted octanol–water partition coefficient (Wildman–Crippen LogP) is 13.8. The van der Waals surface area contributed by atoms with Crippen molar-refractivity contribution in [3.8, 4) is 0 Å². The second-order valence-electron chi connectivity index (χ2n) is 13.2. The van der Waals surface area contributed by atoms with Gasteiger partial charge in [-0.05, 0) is 92.1 Å². The lowest BCUT2D eigenvalue weighted by molar-refractivity contribution is 1.29. The summed E-state index contributed by atoms with van der Waals surface area (Å²) in [7, 11) is 0. The number of hydrogen-bond donors (Lipinski definition) is 0. The third-order valence-corrected chi connectivity index (χ3v) is 8.90. The molecule has 278 valence electrons. The summed E-state index contributed by atoms with van der Waals surface area (Å²) in [5.41, 5.74) is 12.1. The minimum absolute atomic E-state index is 0.770. The molecule has 6 rings (SSSR count). The highest BCUT2D eigenvalue weighted by atomic mass is 14.1. The van der Waals surface area contributed by atoms with Gasteiger partial charge in [0.05, 0.1) is 0 Å². The third kappa shape index (κ3) is 13.2. The highest BCUT2D eigenvalue weighted by Gasteiger charge is 2.06. The predicted molar refractivity (Wildman–Crippen MR) is 253 cm³/mol. The van der Waals surface area contributed by atoms with Crippen LogP contribution in [0.3, 0.4) is 0 Å². The van der Waals surface area contributed by atoms with Crippen molar-refractivity contribution in [3.63, 3.8) is 0 Å². The van der Waals surface area contributed by atoms with Crippen LogP contribution in [0.15, 0.2) is 262 Å². The number of benzene rings is 4. The standard InChI is InChI=1S/C54H44.C3H6/c1-43-23-10-9-15-29-48(40-39-43)51-35-21-34-50(42-51)44(2)24-20-36-52(54-38-22-33-49-32-18-19-37-53(49)54)41-45-25-11-5-3-4-6-13-27-46-30-16-17-31-47(46)28-14-8-7-12-26-45;1-3-2/h3-24,26-27,29-42H,1-2,25H2;3H,1H2,2H3/b4-3+,8-7-,11-5-,13-6+,15-9-,23-10-,24-20-,26-12-,40-39-,45-41+,46-27-,48-29-,52-36-;. The zero-order valence-corrected chi connectivity index (χ0v) is 32.8. The highest BCUT2D eigenvalue weighted by molar-refractivity contribution is 5.96. The molecule has 0 atom stereocenters. The summed E-state index contributed by atoms with van der Waals surface area (Å²) >= 11 is 0. The molecule has 0 heteroatoms. The molecule has 0 unspecified atom stereocenters. The average Bonchev–Trinajstić information content (AvgIpc) is 3.34. The van der Waals surface area contributed by atoms with Gasteiger partial charge in [-0.15, -0.1) is 12.3 Å². The van der Waals surface area contributed by atoms with E-state index >= 15 is 0 Å². The molecule has 0 saturated heterocycles. The van der Waals surface area contributed by atoms with Crippen LogP contribution >= 0.6 is 0 Å². The highest BCUT2D eigenvalue weighted by Crippen LogP contribution is 2.29. The SMILES string of the molecule is C=C1\C=C/C=C\C=C(c2cccc(C(=C)\C=C/C=C(/C=C3/C=C\C=C/C=C=c4cccc/c4=C/C=C/C=C/C=C\C3)c3cccc4ccccc34)c2)\C=C/1.C=CC. The first-order valence-electron chi connectivity index (χ1n) is 19.3. The molecule has 0 amide bonds. The summed E-state index contributed by atoms with van der Waals surface area (Å²) in [5.74, 6) is 0. The molecule has 0 nitrogen and oxygen atoms in total. The molecule has 0 fully saturated rings. The molecule has 0 aromatic heterocycles. The number of hydrogen-bond acceptors (Lipinski definition) is 0. The molecular weight excluding hydrogens is 685 g/mol. The van der Waals surface area contributed by atoms with Crippen molar-refractivity contribution in [1.82, 2.24) is 0 Å². The van der Waals surface area contributed by atoms with Crippen LogP contribution in [0.1, 0.15) is 30.0 Å². The van der Waals surface area contributed by atoms with Crippen molar-refractivity contribution in [1.29, 1.82) is 0 Å². The van der Waals surface area contributed by atoms with Crippen molar-refractivity contribution >= 4 is 39.3 Å². The van der Waals surface area contributed by atoms with E-state index in [9.17, 15) is 0 Å². The van der Waals surface area contributed by atoms with Gasteiger partial charge in [-0.2, -0.15) is 0 Å². The lowest BCUT2D eigenvalue weighted by Crippen LogP contribution is -2.21. The summed E-state index contributed by atoms with van der Waals surface area (Å²) in [6.45, 7) is 13.8. The van der Waals surface area contributed by atoms with Gasteiger partial charge < -0.3 is 0 Å². The minimum Gasteiger partial charge on any atom is -0.112 e. The quantitative estimate of drug-likeness (QED) is 0.137. The zero-order chi connectivity index (χ0) is 39.9. The lowest BCUT2D eigenvalue weighted by atomic mass is 9.95. The van der Waals surface area contributed by atoms with Gasteiger partial charge in [0, 0.05) is 5.22 Å². The molecule has 0 saturated carbocycles. The molecule has 0 heterocycles. The van der Waals surface area contributed by atoms with Crippen LogP contribution in [-0.2, 0) is 0 Å². The Morgan fingerprint density at radius 2 is 1.40 bits per heavy atom. The molecule has 2 aliphatic rings. The third-order valence-electron chi connectivity index (χ3n) is 8.90. The van der Waals surface area contributed by atoms with Gasteiger partial charge in [0.1, 0.15) is 0 Å². The normalized spacial score (nSPS) is 21.1. The Hall–Kier alpha value is -7.24. The van der Waals surface area contributed by atoms with Gasteiger partial charge in [-0.25, -0.2) is 0 Å². The first-order valence-corrected chi connectivity index (χ1v) is 19.3. The van der Waals surface area contributed by atoms with E-state index in [-0.39, 0.29) is 0 Å². The van der Waals surface area contributed by atoms with Gasteiger partial charge in [0.2, 0.25) is 0 Å². The fourth-order valence-electron chi connectivity index (χ4n) is 6.08. The van der Waals surface area contributed by atoms with Crippen LogP contribution in [0.5, 0.6) is 0 Å². The molecule has 2 aliphatic carbocycles. The summed E-state index contributed by atoms with van der Waals surface area (Å²) < 4.78 is 0. The Morgan fingerprint density at radius 1 is 0.684 bits per heavy atom. The number of allylic oxidation sites excluding steroid dienone is 28. The summed E-state index contributed by atoms with van der Waals surface area (Å²) in [4.78, 5) is 0. The van der Waals surface area contributed by atoms with E-state index in [1.165, 1.54) is 21.9 Å². The van der Waals surface area contributed by atoms with Gasteiger partial charge in [0.15, 0.2) is 0 Å². The van der Waals surface area contributed by atoms with Crippen molar-refractivity contribution < 1.29 is 0 Å². The fraction of sp³-hybridized carbons (Fsp3) is 0.0351. The zero-order valence-electron chi connectivity index (χ0n) is 32.8. The molecule has 4 aromatic carbocycles. The fourth-order valence-corrected chi connectivity index (χ4v) is 6.08. The summed E-state index contributed by atoms with van der Waals surface area (Å²) in [6.07, 6.45) is 50.6. The van der Waals surface area contributed by atoms with Crippen molar-refractivity contribution in [2.45, 2.75) is 13.3 Å². The van der Waals surface area contributed by atoms with Crippen LogP contribution in [0.4, 0.5) is 0 Å². The molecule has 0 N–H and O–H groups in total. The maximum absolute atomic E-state index is 4.45. The first-order chi connectivity index (χ1) is 28.1.